The fourth-order valence-electron chi connectivity index (χ4n) is 2.12. The maximum absolute atomic E-state index is 12.1. The minimum absolute atomic E-state index is 0. The molecule has 1 atom stereocenters. The van der Waals surface area contributed by atoms with E-state index >= 15 is 0 Å². The number of anilines is 1. The van der Waals surface area contributed by atoms with E-state index in [4.69, 9.17) is 4.74 Å². The molecule has 1 unspecified atom stereocenters. The van der Waals surface area contributed by atoms with Crippen LogP contribution < -0.4 is 10.6 Å². The van der Waals surface area contributed by atoms with Crippen LogP contribution in [0.25, 0.3) is 0 Å². The fraction of sp³-hybridized carbons (Fsp3) is 0.467. The lowest BCUT2D eigenvalue weighted by molar-refractivity contribution is -0.137. The number of likely N-dealkylation sites (N-methyl/N-ethyl adjacent to an activating group) is 1. The monoisotopic (exact) mass is 327 g/mol. The Morgan fingerprint density at radius 2 is 2.05 bits per heavy atom. The predicted octanol–water partition coefficient (Wildman–Crippen LogP) is 0.802. The van der Waals surface area contributed by atoms with Crippen molar-refractivity contribution in [1.82, 2.24) is 10.2 Å². The predicted molar refractivity (Wildman–Crippen MR) is 87.3 cm³/mol. The van der Waals surface area contributed by atoms with Crippen LogP contribution in [0.4, 0.5) is 5.69 Å². The van der Waals surface area contributed by atoms with Gasteiger partial charge in [-0.2, -0.15) is 0 Å². The van der Waals surface area contributed by atoms with Gasteiger partial charge in [-0.1, -0.05) is 17.7 Å². The van der Waals surface area contributed by atoms with E-state index in [2.05, 4.69) is 10.6 Å². The number of carbonyl (C=O) groups excluding carboxylic acids is 2. The average molecular weight is 328 g/mol. The molecule has 122 valence electrons. The van der Waals surface area contributed by atoms with E-state index in [1.165, 1.54) is 4.90 Å². The highest BCUT2D eigenvalue weighted by Crippen LogP contribution is 2.08. The standard InChI is InChI=1S/C15H21N3O3.ClH/c1-11-3-5-12(6-4-11)17-14(19)9-18(2)15(20)13-10-21-8-7-16-13;/h3-6,13,16H,7-10H2,1-2H3,(H,17,19);1H. The second-order valence-corrected chi connectivity index (χ2v) is 5.19. The van der Waals surface area contributed by atoms with Crippen LogP contribution in [0.1, 0.15) is 5.56 Å². The van der Waals surface area contributed by atoms with Crippen LogP contribution in [0.15, 0.2) is 24.3 Å². The zero-order chi connectivity index (χ0) is 15.2. The highest BCUT2D eigenvalue weighted by molar-refractivity contribution is 5.95. The highest BCUT2D eigenvalue weighted by atomic mass is 35.5. The summed E-state index contributed by atoms with van der Waals surface area (Å²) in [5.74, 6) is -0.347. The van der Waals surface area contributed by atoms with Crippen LogP contribution in [-0.2, 0) is 14.3 Å². The summed E-state index contributed by atoms with van der Waals surface area (Å²) in [5, 5.41) is 5.85. The molecule has 1 aliphatic rings. The largest absolute Gasteiger partial charge is 0.378 e. The van der Waals surface area contributed by atoms with Crippen LogP contribution in [0.3, 0.4) is 0 Å². The first kappa shape index (κ1) is 18.4. The van der Waals surface area contributed by atoms with Gasteiger partial charge in [0.25, 0.3) is 0 Å². The number of hydrogen-bond donors (Lipinski definition) is 2. The van der Waals surface area contributed by atoms with E-state index < -0.39 is 0 Å². The highest BCUT2D eigenvalue weighted by Gasteiger charge is 2.25. The van der Waals surface area contributed by atoms with Gasteiger partial charge in [0, 0.05) is 19.3 Å². The molecule has 1 aromatic rings. The topological polar surface area (TPSA) is 70.7 Å². The number of benzene rings is 1. The van der Waals surface area contributed by atoms with Crippen molar-refractivity contribution in [3.8, 4) is 0 Å². The van der Waals surface area contributed by atoms with Crippen LogP contribution in [0.5, 0.6) is 0 Å². The van der Waals surface area contributed by atoms with Gasteiger partial charge in [-0.25, -0.2) is 0 Å². The van der Waals surface area contributed by atoms with Crippen molar-refractivity contribution >= 4 is 29.9 Å². The van der Waals surface area contributed by atoms with E-state index in [0.29, 0.717) is 19.8 Å². The molecule has 7 heteroatoms. The van der Waals surface area contributed by atoms with E-state index in [1.54, 1.807) is 7.05 Å². The van der Waals surface area contributed by atoms with Crippen molar-refractivity contribution in [2.45, 2.75) is 13.0 Å². The molecule has 1 aliphatic heterocycles. The quantitative estimate of drug-likeness (QED) is 0.858. The van der Waals surface area contributed by atoms with E-state index in [1.807, 2.05) is 31.2 Å². The second-order valence-electron chi connectivity index (χ2n) is 5.19. The Labute approximate surface area is 136 Å². The number of halogens is 1. The molecule has 0 radical (unpaired) electrons. The first-order valence-corrected chi connectivity index (χ1v) is 6.99. The molecule has 0 aliphatic carbocycles. The Kier molecular flexibility index (Phi) is 7.31. The van der Waals surface area contributed by atoms with Crippen LogP contribution in [0, 0.1) is 6.92 Å². The average Bonchev–Trinajstić information content (AvgIpc) is 2.49. The molecule has 1 aromatic carbocycles. The lowest BCUT2D eigenvalue weighted by Gasteiger charge is -2.27. The molecule has 0 spiro atoms. The molecule has 6 nitrogen and oxygen atoms in total. The Hall–Kier alpha value is -1.63. The number of nitrogens with one attached hydrogen (secondary N) is 2. The van der Waals surface area contributed by atoms with Crippen molar-refractivity contribution < 1.29 is 14.3 Å². The molecule has 1 fully saturated rings. The van der Waals surface area contributed by atoms with Crippen LogP contribution >= 0.6 is 12.4 Å². The Morgan fingerprint density at radius 3 is 2.64 bits per heavy atom. The fourth-order valence-corrected chi connectivity index (χ4v) is 2.12. The molecule has 22 heavy (non-hydrogen) atoms. The van der Waals surface area contributed by atoms with Gasteiger partial charge in [0.1, 0.15) is 6.04 Å². The summed E-state index contributed by atoms with van der Waals surface area (Å²) in [4.78, 5) is 25.5. The number of hydrogen-bond acceptors (Lipinski definition) is 4. The van der Waals surface area contributed by atoms with Gasteiger partial charge < -0.3 is 20.3 Å². The minimum atomic E-state index is -0.365. The SMILES string of the molecule is Cc1ccc(NC(=O)CN(C)C(=O)C2COCCN2)cc1.Cl. The van der Waals surface area contributed by atoms with Gasteiger partial charge in [-0.3, -0.25) is 9.59 Å². The Morgan fingerprint density at radius 1 is 1.36 bits per heavy atom. The van der Waals surface area contributed by atoms with Gasteiger partial charge in [-0.15, -0.1) is 12.4 Å². The van der Waals surface area contributed by atoms with E-state index in [-0.39, 0.29) is 36.8 Å². The summed E-state index contributed by atoms with van der Waals surface area (Å²) in [6, 6.07) is 7.16. The molecule has 0 aromatic heterocycles. The number of carbonyl (C=O) groups is 2. The summed E-state index contributed by atoms with van der Waals surface area (Å²) < 4.78 is 5.25. The second kappa shape index (κ2) is 8.73. The van der Waals surface area contributed by atoms with E-state index in [0.717, 1.165) is 11.3 Å². The minimum Gasteiger partial charge on any atom is -0.378 e. The molecular weight excluding hydrogens is 306 g/mol. The zero-order valence-electron chi connectivity index (χ0n) is 12.8. The van der Waals surface area contributed by atoms with Crippen molar-refractivity contribution in [3.63, 3.8) is 0 Å². The number of amides is 2. The number of nitrogens with zero attached hydrogens (tertiary/aromatic N) is 1. The van der Waals surface area contributed by atoms with Crippen LogP contribution in [0.2, 0.25) is 0 Å². The van der Waals surface area contributed by atoms with Crippen molar-refractivity contribution in [3.05, 3.63) is 29.8 Å². The van der Waals surface area contributed by atoms with Crippen molar-refractivity contribution in [2.75, 3.05) is 38.7 Å². The lowest BCUT2D eigenvalue weighted by Crippen LogP contribution is -2.52. The number of morpholine rings is 1. The molecule has 0 saturated carbocycles. The van der Waals surface area contributed by atoms with Gasteiger partial charge in [0.05, 0.1) is 19.8 Å². The molecule has 1 saturated heterocycles. The Bertz CT molecular complexity index is 501. The first-order chi connectivity index (χ1) is 10.1. The third-order valence-electron chi connectivity index (χ3n) is 3.31. The number of aryl methyl sites for hydroxylation is 1. The lowest BCUT2D eigenvalue weighted by atomic mass is 10.2. The summed E-state index contributed by atoms with van der Waals surface area (Å²) in [7, 11) is 1.62. The summed E-state index contributed by atoms with van der Waals surface area (Å²) in [6.07, 6.45) is 0. The van der Waals surface area contributed by atoms with Gasteiger partial charge in [0.15, 0.2) is 0 Å². The molecular formula is C15H22ClN3O3. The number of rotatable bonds is 4. The van der Waals surface area contributed by atoms with Gasteiger partial charge >= 0.3 is 0 Å². The number of ether oxygens (including phenoxy) is 1. The summed E-state index contributed by atoms with van der Waals surface area (Å²) in [5.41, 5.74) is 1.86. The molecule has 2 amide bonds. The molecule has 0 bridgehead atoms. The third kappa shape index (κ3) is 5.29. The first-order valence-electron chi connectivity index (χ1n) is 6.99. The summed E-state index contributed by atoms with van der Waals surface area (Å²) in [6.45, 7) is 3.62. The normalized spacial score (nSPS) is 17.3. The molecule has 2 N–H and O–H groups in total. The third-order valence-corrected chi connectivity index (χ3v) is 3.31. The maximum atomic E-state index is 12.1. The maximum Gasteiger partial charge on any atom is 0.243 e. The molecule has 2 rings (SSSR count). The zero-order valence-corrected chi connectivity index (χ0v) is 13.6. The smallest absolute Gasteiger partial charge is 0.243 e. The van der Waals surface area contributed by atoms with Crippen molar-refractivity contribution in [1.29, 1.82) is 0 Å². The van der Waals surface area contributed by atoms with Crippen molar-refractivity contribution in [2.24, 2.45) is 0 Å². The van der Waals surface area contributed by atoms with E-state index in [9.17, 15) is 9.59 Å². The summed E-state index contributed by atoms with van der Waals surface area (Å²) >= 11 is 0. The Balaban J connectivity index is 0.00000242. The van der Waals surface area contributed by atoms with Gasteiger partial charge in [0.2, 0.25) is 11.8 Å². The van der Waals surface area contributed by atoms with Gasteiger partial charge in [-0.05, 0) is 19.1 Å². The van der Waals surface area contributed by atoms with Crippen LogP contribution in [-0.4, -0.2) is 56.1 Å². The molecule has 1 heterocycles.